The summed E-state index contributed by atoms with van der Waals surface area (Å²) in [6.07, 6.45) is 7.70. The molecule has 0 saturated carbocycles. The van der Waals surface area contributed by atoms with Crippen LogP contribution in [0.5, 0.6) is 0 Å². The third-order valence-electron chi connectivity index (χ3n) is 7.11. The second-order valence-corrected chi connectivity index (χ2v) is 10.8. The smallest absolute Gasteiger partial charge is 0.333 e. The fraction of sp³-hybridized carbons (Fsp3) is 0.522. The zero-order valence-corrected chi connectivity index (χ0v) is 18.7. The number of aliphatic hydroxyl groups is 1. The van der Waals surface area contributed by atoms with Crippen LogP contribution >= 0.6 is 0 Å². The van der Waals surface area contributed by atoms with Gasteiger partial charge in [-0.15, -0.1) is 0 Å². The molecule has 3 aliphatic rings. The summed E-state index contributed by atoms with van der Waals surface area (Å²) in [4.78, 5) is 12.8. The van der Waals surface area contributed by atoms with Gasteiger partial charge in [0.1, 0.15) is 5.76 Å². The molecule has 0 bridgehead atoms. The Labute approximate surface area is 182 Å². The molecule has 1 heterocycles. The fourth-order valence-electron chi connectivity index (χ4n) is 5.60. The van der Waals surface area contributed by atoms with E-state index in [1.54, 1.807) is 6.92 Å². The summed E-state index contributed by atoms with van der Waals surface area (Å²) >= 11 is 0. The predicted molar refractivity (Wildman–Crippen MR) is 116 cm³/mol. The van der Waals surface area contributed by atoms with E-state index in [0.717, 1.165) is 55.3 Å². The number of sulfonamides is 1. The average Bonchev–Trinajstić information content (AvgIpc) is 3.43. The van der Waals surface area contributed by atoms with Crippen LogP contribution in [0.1, 0.15) is 71.7 Å². The van der Waals surface area contributed by atoms with Crippen LogP contribution in [0.3, 0.4) is 0 Å². The minimum absolute atomic E-state index is 0.339. The molecular weight excluding hydrogens is 416 g/mol. The lowest BCUT2D eigenvalue weighted by Gasteiger charge is -2.26. The zero-order chi connectivity index (χ0) is 22.0. The van der Waals surface area contributed by atoms with Crippen molar-refractivity contribution in [3.05, 3.63) is 45.2 Å². The topological polar surface area (TPSA) is 109 Å². The molecule has 1 atom stereocenters. The van der Waals surface area contributed by atoms with Crippen LogP contribution in [0, 0.1) is 6.92 Å². The van der Waals surface area contributed by atoms with Crippen LogP contribution in [-0.4, -0.2) is 19.6 Å². The quantitative estimate of drug-likeness (QED) is 0.670. The van der Waals surface area contributed by atoms with Crippen LogP contribution in [0.15, 0.2) is 15.6 Å². The molecule has 5 rings (SSSR count). The van der Waals surface area contributed by atoms with Gasteiger partial charge in [0.2, 0.25) is 5.09 Å². The van der Waals surface area contributed by atoms with E-state index in [-0.39, 0.29) is 5.09 Å². The van der Waals surface area contributed by atoms with Gasteiger partial charge in [0.25, 0.3) is 10.0 Å². The minimum Gasteiger partial charge on any atom is -0.447 e. The van der Waals surface area contributed by atoms with Crippen molar-refractivity contribution in [1.29, 1.82) is 0 Å². The number of urea groups is 1. The summed E-state index contributed by atoms with van der Waals surface area (Å²) in [6, 6.07) is 0.555. The zero-order valence-electron chi connectivity index (χ0n) is 17.9. The van der Waals surface area contributed by atoms with Crippen molar-refractivity contribution in [2.24, 2.45) is 0 Å². The molecule has 1 unspecified atom stereocenters. The van der Waals surface area contributed by atoms with Crippen LogP contribution < -0.4 is 10.0 Å². The molecule has 0 radical (unpaired) electrons. The molecule has 1 aromatic carbocycles. The highest BCUT2D eigenvalue weighted by Gasteiger charge is 2.36. The Hall–Kier alpha value is -2.32. The first-order valence-corrected chi connectivity index (χ1v) is 12.5. The van der Waals surface area contributed by atoms with Crippen LogP contribution in [-0.2, 0) is 47.7 Å². The van der Waals surface area contributed by atoms with Crippen molar-refractivity contribution in [2.45, 2.75) is 82.3 Å². The number of hydrogen-bond acceptors (Lipinski definition) is 5. The monoisotopic (exact) mass is 444 g/mol. The summed E-state index contributed by atoms with van der Waals surface area (Å²) in [5, 5.41) is 13.0. The highest BCUT2D eigenvalue weighted by atomic mass is 32.2. The first-order valence-electron chi connectivity index (χ1n) is 11.0. The van der Waals surface area contributed by atoms with Gasteiger partial charge in [-0.05, 0) is 93.0 Å². The van der Waals surface area contributed by atoms with Gasteiger partial charge >= 0.3 is 6.03 Å². The molecule has 2 aromatic rings. The lowest BCUT2D eigenvalue weighted by atomic mass is 9.85. The first-order chi connectivity index (χ1) is 14.7. The third-order valence-corrected chi connectivity index (χ3v) is 8.29. The first kappa shape index (κ1) is 20.6. The predicted octanol–water partition coefficient (Wildman–Crippen LogP) is 3.62. The molecule has 166 valence electrons. The molecule has 2 amide bonds. The Bertz CT molecular complexity index is 1160. The highest BCUT2D eigenvalue weighted by molar-refractivity contribution is 7.89. The highest BCUT2D eigenvalue weighted by Crippen LogP contribution is 2.41. The summed E-state index contributed by atoms with van der Waals surface area (Å²) < 4.78 is 33.3. The van der Waals surface area contributed by atoms with E-state index in [0.29, 0.717) is 30.6 Å². The Morgan fingerprint density at radius 2 is 1.65 bits per heavy atom. The van der Waals surface area contributed by atoms with Crippen molar-refractivity contribution >= 4 is 21.7 Å². The van der Waals surface area contributed by atoms with E-state index >= 15 is 0 Å². The largest absolute Gasteiger partial charge is 0.447 e. The maximum atomic E-state index is 12.8. The van der Waals surface area contributed by atoms with Crippen molar-refractivity contribution in [3.63, 3.8) is 0 Å². The summed E-state index contributed by atoms with van der Waals surface area (Å²) in [5.74, 6) is 0.464. The molecule has 8 heteroatoms. The van der Waals surface area contributed by atoms with Crippen molar-refractivity contribution in [1.82, 2.24) is 4.72 Å². The van der Waals surface area contributed by atoms with Crippen LogP contribution in [0.2, 0.25) is 0 Å². The number of carbonyl (C=O) groups is 1. The summed E-state index contributed by atoms with van der Waals surface area (Å²) in [7, 11) is -4.20. The molecule has 3 aliphatic carbocycles. The molecule has 0 fully saturated rings. The van der Waals surface area contributed by atoms with E-state index in [1.165, 1.54) is 22.8 Å². The number of benzene rings is 1. The second-order valence-electron chi connectivity index (χ2n) is 9.21. The van der Waals surface area contributed by atoms with Gasteiger partial charge in [0.05, 0.1) is 5.60 Å². The van der Waals surface area contributed by atoms with Gasteiger partial charge in [0.15, 0.2) is 0 Å². The van der Waals surface area contributed by atoms with E-state index in [9.17, 15) is 18.3 Å². The lowest BCUT2D eigenvalue weighted by molar-refractivity contribution is 0.0362. The van der Waals surface area contributed by atoms with E-state index in [2.05, 4.69) is 17.0 Å². The number of aryl methyl sites for hydroxylation is 1. The third kappa shape index (κ3) is 3.36. The summed E-state index contributed by atoms with van der Waals surface area (Å²) in [5.41, 5.74) is 6.39. The van der Waals surface area contributed by atoms with Crippen molar-refractivity contribution in [3.8, 4) is 0 Å². The maximum absolute atomic E-state index is 12.8. The van der Waals surface area contributed by atoms with Gasteiger partial charge in [0, 0.05) is 23.7 Å². The Kier molecular flexibility index (Phi) is 4.71. The van der Waals surface area contributed by atoms with E-state index in [1.807, 2.05) is 0 Å². The van der Waals surface area contributed by atoms with Crippen LogP contribution in [0.4, 0.5) is 10.5 Å². The van der Waals surface area contributed by atoms with Crippen molar-refractivity contribution in [2.75, 3.05) is 5.32 Å². The molecule has 1 aromatic heterocycles. The Morgan fingerprint density at radius 3 is 2.26 bits per heavy atom. The number of nitrogens with one attached hydrogen (secondary N) is 2. The molecule has 7 nitrogen and oxygen atoms in total. The Morgan fingerprint density at radius 1 is 1.03 bits per heavy atom. The van der Waals surface area contributed by atoms with Gasteiger partial charge in [-0.2, -0.15) is 8.42 Å². The maximum Gasteiger partial charge on any atom is 0.333 e. The van der Waals surface area contributed by atoms with E-state index in [4.69, 9.17) is 4.42 Å². The number of hydrogen-bond donors (Lipinski definition) is 3. The average molecular weight is 445 g/mol. The normalized spacial score (nSPS) is 22.0. The summed E-state index contributed by atoms with van der Waals surface area (Å²) in [6.45, 7) is 3.81. The number of carbonyl (C=O) groups excluding carboxylic acids is 1. The molecular formula is C23H28N2O5S. The standard InChI is InChI=1S/C23H28N2O5S/c1-13-14-6-3-8-16(14)21(17-9-4-7-15(13)17)24-22(26)25-31(28,29)20-12-18-19(30-20)10-5-11-23(18,2)27/h12,27H,3-11H2,1-2H3,(H2,24,25,26). The van der Waals surface area contributed by atoms with Gasteiger partial charge in [-0.25, -0.2) is 9.52 Å². The number of amides is 2. The van der Waals surface area contributed by atoms with Gasteiger partial charge < -0.3 is 14.8 Å². The number of fused-ring (bicyclic) bond motifs is 3. The second kappa shape index (κ2) is 7.10. The number of furan rings is 1. The Balaban J connectivity index is 1.42. The lowest BCUT2D eigenvalue weighted by Crippen LogP contribution is -2.34. The van der Waals surface area contributed by atoms with Crippen molar-refractivity contribution < 1.29 is 22.7 Å². The van der Waals surface area contributed by atoms with Crippen LogP contribution in [0.25, 0.3) is 0 Å². The molecule has 3 N–H and O–H groups in total. The molecule has 0 saturated heterocycles. The number of anilines is 1. The number of rotatable bonds is 3. The SMILES string of the molecule is Cc1c2c(c(NC(=O)NS(=O)(=O)c3cc4c(o3)CCCC4(C)O)c3c1CCC3)CCC2. The van der Waals surface area contributed by atoms with E-state index < -0.39 is 21.7 Å². The van der Waals surface area contributed by atoms with Gasteiger partial charge in [-0.3, -0.25) is 0 Å². The fourth-order valence-corrected chi connectivity index (χ4v) is 6.48. The molecule has 0 spiro atoms. The molecule has 0 aliphatic heterocycles. The molecule has 31 heavy (non-hydrogen) atoms. The minimum atomic E-state index is -4.20. The van der Waals surface area contributed by atoms with Gasteiger partial charge in [-0.1, -0.05) is 0 Å².